The van der Waals surface area contributed by atoms with Crippen molar-refractivity contribution in [2.45, 2.75) is 43.4 Å². The van der Waals surface area contributed by atoms with Crippen LogP contribution in [0, 0.1) is 7.43 Å². The second-order valence-electron chi connectivity index (χ2n) is 7.77. The fraction of sp³-hybridized carbons (Fsp3) is 0.417. The zero-order valence-corrected chi connectivity index (χ0v) is 18.6. The van der Waals surface area contributed by atoms with Crippen molar-refractivity contribution in [2.75, 3.05) is 19.8 Å². The van der Waals surface area contributed by atoms with Crippen molar-refractivity contribution >= 4 is 17.4 Å². The van der Waals surface area contributed by atoms with E-state index in [0.29, 0.717) is 30.2 Å². The van der Waals surface area contributed by atoms with Crippen LogP contribution in [0.3, 0.4) is 0 Å². The SMILES string of the molecule is O=C(c1ccc(Cl)c(Cc2ccc(O[C@H]3CCOC3)cc2)c1)[C@H](O)[C@@H](O)[C@H](O)[C@H](O)CO.[C]. The zero-order chi connectivity index (χ0) is 23.3. The van der Waals surface area contributed by atoms with Crippen LogP contribution in [0.25, 0.3) is 0 Å². The van der Waals surface area contributed by atoms with Gasteiger partial charge in [0.15, 0.2) is 5.78 Å². The average Bonchev–Trinajstić information content (AvgIpc) is 3.32. The molecular formula is C24H27ClO8. The lowest BCUT2D eigenvalue weighted by atomic mass is 9.94. The van der Waals surface area contributed by atoms with Crippen LogP contribution in [-0.4, -0.2) is 81.7 Å². The third-order valence-electron chi connectivity index (χ3n) is 5.36. The summed E-state index contributed by atoms with van der Waals surface area (Å²) in [5.74, 6) is -0.109. The molecule has 3 rings (SSSR count). The Balaban J connectivity index is 0.00000385. The number of halogens is 1. The van der Waals surface area contributed by atoms with Crippen molar-refractivity contribution < 1.29 is 39.8 Å². The average molecular weight is 479 g/mol. The first-order chi connectivity index (χ1) is 15.3. The van der Waals surface area contributed by atoms with E-state index in [9.17, 15) is 25.2 Å². The number of hydrogen-bond acceptors (Lipinski definition) is 8. The summed E-state index contributed by atoms with van der Waals surface area (Å²) >= 11 is 6.29. The molecule has 8 nitrogen and oxygen atoms in total. The Kier molecular flexibility index (Phi) is 10.2. The molecule has 9 heteroatoms. The largest absolute Gasteiger partial charge is 0.488 e. The first-order valence-corrected chi connectivity index (χ1v) is 10.7. The smallest absolute Gasteiger partial charge is 0.194 e. The van der Waals surface area contributed by atoms with Gasteiger partial charge in [0.25, 0.3) is 0 Å². The highest BCUT2D eigenvalue weighted by molar-refractivity contribution is 6.31. The second-order valence-corrected chi connectivity index (χ2v) is 8.18. The molecule has 0 aliphatic carbocycles. The molecule has 0 amide bonds. The van der Waals surface area contributed by atoms with E-state index >= 15 is 0 Å². The van der Waals surface area contributed by atoms with Gasteiger partial charge in [0, 0.05) is 24.4 Å². The topological polar surface area (TPSA) is 137 Å². The molecule has 0 saturated carbocycles. The van der Waals surface area contributed by atoms with E-state index in [2.05, 4.69) is 0 Å². The van der Waals surface area contributed by atoms with E-state index in [0.717, 1.165) is 17.7 Å². The van der Waals surface area contributed by atoms with Crippen molar-refractivity contribution in [3.05, 3.63) is 71.6 Å². The Morgan fingerprint density at radius 2 is 1.79 bits per heavy atom. The number of Topliss-reactive ketones (excluding diaryl/α,β-unsaturated/α-hetero) is 1. The summed E-state index contributed by atoms with van der Waals surface area (Å²) in [6.45, 7) is 0.445. The lowest BCUT2D eigenvalue weighted by Gasteiger charge is -2.25. The Morgan fingerprint density at radius 1 is 1.09 bits per heavy atom. The van der Waals surface area contributed by atoms with Crippen LogP contribution in [0.1, 0.15) is 27.9 Å². The molecule has 2 aromatic carbocycles. The molecule has 0 spiro atoms. The molecule has 0 unspecified atom stereocenters. The van der Waals surface area contributed by atoms with Gasteiger partial charge in [0.2, 0.25) is 0 Å². The second kappa shape index (κ2) is 12.4. The molecule has 33 heavy (non-hydrogen) atoms. The maximum atomic E-state index is 12.6. The van der Waals surface area contributed by atoms with Gasteiger partial charge >= 0.3 is 0 Å². The van der Waals surface area contributed by atoms with Crippen LogP contribution in [-0.2, 0) is 11.2 Å². The fourth-order valence-electron chi connectivity index (χ4n) is 3.42. The van der Waals surface area contributed by atoms with E-state index < -0.39 is 36.8 Å². The van der Waals surface area contributed by atoms with Gasteiger partial charge in [-0.2, -0.15) is 0 Å². The number of aliphatic hydroxyl groups is 5. The molecule has 5 N–H and O–H groups in total. The Bertz CT molecular complexity index is 898. The van der Waals surface area contributed by atoms with E-state index in [1.165, 1.54) is 18.2 Å². The molecule has 178 valence electrons. The Labute approximate surface area is 198 Å². The van der Waals surface area contributed by atoms with Gasteiger partial charge in [-0.25, -0.2) is 0 Å². The van der Waals surface area contributed by atoms with Crippen molar-refractivity contribution in [3.63, 3.8) is 0 Å². The number of hydrogen-bond donors (Lipinski definition) is 5. The van der Waals surface area contributed by atoms with Gasteiger partial charge in [-0.15, -0.1) is 0 Å². The summed E-state index contributed by atoms with van der Waals surface area (Å²) in [4.78, 5) is 12.6. The molecule has 4 radical (unpaired) electrons. The quantitative estimate of drug-likeness (QED) is 0.316. The van der Waals surface area contributed by atoms with Gasteiger partial charge in [-0.3, -0.25) is 4.79 Å². The molecule has 0 bridgehead atoms. The summed E-state index contributed by atoms with van der Waals surface area (Å²) in [6, 6.07) is 11.9. The van der Waals surface area contributed by atoms with Crippen LogP contribution >= 0.6 is 11.6 Å². The summed E-state index contributed by atoms with van der Waals surface area (Å²) in [6.07, 6.45) is -6.22. The van der Waals surface area contributed by atoms with E-state index in [1.54, 1.807) is 0 Å². The number of aliphatic hydroxyl groups excluding tert-OH is 5. The lowest BCUT2D eigenvalue weighted by molar-refractivity contribution is -0.105. The Morgan fingerprint density at radius 3 is 2.39 bits per heavy atom. The molecule has 1 aliphatic heterocycles. The van der Waals surface area contributed by atoms with Gasteiger partial charge in [0.05, 0.1) is 19.8 Å². The summed E-state index contributed by atoms with van der Waals surface area (Å²) in [5.41, 5.74) is 1.64. The molecule has 0 aromatic heterocycles. The standard InChI is InChI=1S/C23H27ClO8.C/c24-18-6-3-14(20(27)22(29)23(30)21(28)19(26)11-25)10-15(18)9-13-1-4-16(5-2-13)32-17-7-8-31-12-17;/h1-6,10,17,19,21-23,25-26,28-30H,7-9,11-12H2;/t17-,19+,21+,22-,23-;/m0./s1. The number of ketones is 1. The number of carbonyl (C=O) groups is 1. The first kappa shape index (κ1) is 27.2. The maximum Gasteiger partial charge on any atom is 0.194 e. The third kappa shape index (κ3) is 6.97. The number of rotatable bonds is 10. The van der Waals surface area contributed by atoms with Crippen LogP contribution in [0.15, 0.2) is 42.5 Å². The summed E-state index contributed by atoms with van der Waals surface area (Å²) in [5, 5.41) is 48.6. The highest BCUT2D eigenvalue weighted by atomic mass is 35.5. The van der Waals surface area contributed by atoms with Crippen LogP contribution < -0.4 is 4.74 Å². The van der Waals surface area contributed by atoms with E-state index in [4.69, 9.17) is 26.2 Å². The molecule has 1 heterocycles. The minimum atomic E-state index is -1.99. The normalized spacial score (nSPS) is 19.3. The Hall–Kier alpha value is -2.04. The highest BCUT2D eigenvalue weighted by Gasteiger charge is 2.34. The van der Waals surface area contributed by atoms with E-state index in [1.807, 2.05) is 24.3 Å². The van der Waals surface area contributed by atoms with Crippen molar-refractivity contribution in [1.29, 1.82) is 0 Å². The molecule has 1 aliphatic rings. The van der Waals surface area contributed by atoms with E-state index in [-0.39, 0.29) is 19.1 Å². The zero-order valence-electron chi connectivity index (χ0n) is 17.8. The summed E-state index contributed by atoms with van der Waals surface area (Å²) < 4.78 is 11.1. The molecule has 2 aromatic rings. The summed E-state index contributed by atoms with van der Waals surface area (Å²) in [7, 11) is 0. The fourth-order valence-corrected chi connectivity index (χ4v) is 3.60. The molecule has 1 saturated heterocycles. The van der Waals surface area contributed by atoms with Gasteiger partial charge in [-0.05, 0) is 47.9 Å². The number of benzene rings is 2. The minimum absolute atomic E-state index is 0. The van der Waals surface area contributed by atoms with Crippen LogP contribution in [0.2, 0.25) is 5.02 Å². The number of ether oxygens (including phenoxy) is 2. The molecule has 5 atom stereocenters. The molecular weight excluding hydrogens is 452 g/mol. The van der Waals surface area contributed by atoms with Gasteiger partial charge in [0.1, 0.15) is 36.3 Å². The monoisotopic (exact) mass is 478 g/mol. The van der Waals surface area contributed by atoms with Gasteiger partial charge < -0.3 is 35.0 Å². The van der Waals surface area contributed by atoms with Crippen LogP contribution in [0.4, 0.5) is 0 Å². The predicted octanol–water partition coefficient (Wildman–Crippen LogP) is 0.798. The minimum Gasteiger partial charge on any atom is -0.488 e. The highest BCUT2D eigenvalue weighted by Crippen LogP contribution is 2.24. The maximum absolute atomic E-state index is 12.6. The first-order valence-electron chi connectivity index (χ1n) is 10.3. The van der Waals surface area contributed by atoms with Crippen molar-refractivity contribution in [2.24, 2.45) is 0 Å². The predicted molar refractivity (Wildman–Crippen MR) is 119 cm³/mol. The number of carbonyl (C=O) groups excluding carboxylic acids is 1. The van der Waals surface area contributed by atoms with Crippen molar-refractivity contribution in [1.82, 2.24) is 0 Å². The van der Waals surface area contributed by atoms with Gasteiger partial charge in [-0.1, -0.05) is 23.7 Å². The van der Waals surface area contributed by atoms with Crippen molar-refractivity contribution in [3.8, 4) is 5.75 Å². The van der Waals surface area contributed by atoms with Crippen LogP contribution in [0.5, 0.6) is 5.75 Å². The third-order valence-corrected chi connectivity index (χ3v) is 5.73. The lowest BCUT2D eigenvalue weighted by Crippen LogP contribution is -2.48. The molecule has 1 fully saturated rings.